The van der Waals surface area contributed by atoms with E-state index in [0.717, 1.165) is 11.3 Å². The number of benzene rings is 1. The van der Waals surface area contributed by atoms with Crippen molar-refractivity contribution >= 4 is 23.4 Å². The second-order valence-electron chi connectivity index (χ2n) is 3.45. The summed E-state index contributed by atoms with van der Waals surface area (Å²) in [7, 11) is 1.82. The van der Waals surface area contributed by atoms with E-state index in [1.54, 1.807) is 18.2 Å². The number of hydrogen-bond donors (Lipinski definition) is 0. The lowest BCUT2D eigenvalue weighted by Gasteiger charge is -2.23. The highest BCUT2D eigenvalue weighted by Crippen LogP contribution is 2.29. The molecule has 0 radical (unpaired) electrons. The number of halogens is 1. The number of hydrogen-bond acceptors (Lipinski definition) is 3. The van der Waals surface area contributed by atoms with E-state index in [9.17, 15) is 10.1 Å². The van der Waals surface area contributed by atoms with Gasteiger partial charge in [0.25, 0.3) is 5.70 Å². The van der Waals surface area contributed by atoms with Crippen molar-refractivity contribution < 1.29 is 4.92 Å². The highest BCUT2D eigenvalue weighted by molar-refractivity contribution is 6.30. The number of nitro groups is 1. The largest absolute Gasteiger partial charge is 0.364 e. The molecule has 1 aliphatic heterocycles. The van der Waals surface area contributed by atoms with Crippen LogP contribution in [0.2, 0.25) is 5.02 Å². The SMILES string of the molecule is CN1CC([N+](=O)[O-])=Cc2cc(Cl)ccc21. The van der Waals surface area contributed by atoms with Gasteiger partial charge in [-0.1, -0.05) is 11.6 Å². The van der Waals surface area contributed by atoms with Crippen molar-refractivity contribution in [2.75, 3.05) is 18.5 Å². The molecule has 5 heteroatoms. The minimum atomic E-state index is -0.361. The molecule has 0 saturated carbocycles. The molecule has 0 saturated heterocycles. The molecule has 1 aromatic carbocycles. The Morgan fingerprint density at radius 2 is 2.27 bits per heavy atom. The molecule has 0 amide bonds. The van der Waals surface area contributed by atoms with Crippen molar-refractivity contribution in [3.05, 3.63) is 44.6 Å². The highest BCUT2D eigenvalue weighted by atomic mass is 35.5. The Hall–Kier alpha value is -1.55. The number of likely N-dealkylation sites (N-methyl/N-ethyl adjacent to an activating group) is 1. The van der Waals surface area contributed by atoms with Crippen molar-refractivity contribution in [3.63, 3.8) is 0 Å². The number of rotatable bonds is 1. The lowest BCUT2D eigenvalue weighted by Crippen LogP contribution is -2.26. The van der Waals surface area contributed by atoms with Gasteiger partial charge in [0.05, 0.1) is 4.92 Å². The van der Waals surface area contributed by atoms with Crippen molar-refractivity contribution in [3.8, 4) is 0 Å². The highest BCUT2D eigenvalue weighted by Gasteiger charge is 2.21. The molecular weight excluding hydrogens is 216 g/mol. The van der Waals surface area contributed by atoms with Gasteiger partial charge in [-0.3, -0.25) is 10.1 Å². The van der Waals surface area contributed by atoms with Crippen LogP contribution in [0.5, 0.6) is 0 Å². The monoisotopic (exact) mass is 224 g/mol. The average Bonchev–Trinajstić information content (AvgIpc) is 2.16. The topological polar surface area (TPSA) is 46.4 Å². The summed E-state index contributed by atoms with van der Waals surface area (Å²) in [5.41, 5.74) is 1.94. The smallest absolute Gasteiger partial charge is 0.266 e. The molecule has 0 aromatic heterocycles. The second-order valence-corrected chi connectivity index (χ2v) is 3.89. The van der Waals surface area contributed by atoms with Crippen LogP contribution in [-0.2, 0) is 0 Å². The first-order valence-corrected chi connectivity index (χ1v) is 4.81. The van der Waals surface area contributed by atoms with Crippen LogP contribution in [0.25, 0.3) is 6.08 Å². The van der Waals surface area contributed by atoms with Gasteiger partial charge in [0.2, 0.25) is 0 Å². The number of nitrogens with zero attached hydrogens (tertiary/aromatic N) is 2. The van der Waals surface area contributed by atoms with Crippen LogP contribution in [0, 0.1) is 10.1 Å². The van der Waals surface area contributed by atoms with Gasteiger partial charge in [0.15, 0.2) is 0 Å². The first-order valence-electron chi connectivity index (χ1n) is 4.43. The van der Waals surface area contributed by atoms with Crippen LogP contribution in [0.15, 0.2) is 23.9 Å². The van der Waals surface area contributed by atoms with Crippen LogP contribution in [-0.4, -0.2) is 18.5 Å². The third-order valence-corrected chi connectivity index (χ3v) is 2.59. The molecule has 0 N–H and O–H groups in total. The fourth-order valence-electron chi connectivity index (χ4n) is 1.65. The van der Waals surface area contributed by atoms with Crippen LogP contribution >= 0.6 is 11.6 Å². The van der Waals surface area contributed by atoms with Gasteiger partial charge >= 0.3 is 0 Å². The lowest BCUT2D eigenvalue weighted by atomic mass is 10.1. The van der Waals surface area contributed by atoms with Crippen LogP contribution in [0.1, 0.15) is 5.56 Å². The minimum Gasteiger partial charge on any atom is -0.364 e. The molecule has 1 heterocycles. The van der Waals surface area contributed by atoms with E-state index in [1.165, 1.54) is 0 Å². The first-order chi connectivity index (χ1) is 7.08. The molecule has 15 heavy (non-hydrogen) atoms. The zero-order chi connectivity index (χ0) is 11.0. The van der Waals surface area contributed by atoms with E-state index in [-0.39, 0.29) is 10.6 Å². The van der Waals surface area contributed by atoms with Crippen LogP contribution in [0.4, 0.5) is 5.69 Å². The normalized spacial score (nSPS) is 14.5. The predicted molar refractivity (Wildman–Crippen MR) is 59.7 cm³/mol. The van der Waals surface area contributed by atoms with E-state index in [4.69, 9.17) is 11.6 Å². The zero-order valence-electron chi connectivity index (χ0n) is 8.11. The molecule has 0 atom stereocenters. The predicted octanol–water partition coefficient (Wildman–Crippen LogP) is 2.41. The Morgan fingerprint density at radius 3 is 2.93 bits per heavy atom. The van der Waals surface area contributed by atoms with Gasteiger partial charge in [-0.2, -0.15) is 0 Å². The number of fused-ring (bicyclic) bond motifs is 1. The molecule has 4 nitrogen and oxygen atoms in total. The summed E-state index contributed by atoms with van der Waals surface area (Å²) >= 11 is 5.83. The number of anilines is 1. The molecular formula is C10H9ClN2O2. The molecule has 0 aliphatic carbocycles. The van der Waals surface area contributed by atoms with Crippen molar-refractivity contribution in [2.24, 2.45) is 0 Å². The van der Waals surface area contributed by atoms with Gasteiger partial charge in [-0.25, -0.2) is 0 Å². The minimum absolute atomic E-state index is 0.187. The summed E-state index contributed by atoms with van der Waals surface area (Å²) in [6.45, 7) is 0.321. The standard InChI is InChI=1S/C10H9ClN2O2/c1-12-6-9(13(14)15)5-7-4-8(11)2-3-10(7)12/h2-5H,6H2,1H3. The van der Waals surface area contributed by atoms with Crippen molar-refractivity contribution in [2.45, 2.75) is 0 Å². The maximum atomic E-state index is 10.7. The lowest BCUT2D eigenvalue weighted by molar-refractivity contribution is -0.423. The molecule has 0 fully saturated rings. The first kappa shape index (κ1) is 9.98. The Labute approximate surface area is 91.9 Å². The fourth-order valence-corrected chi connectivity index (χ4v) is 1.83. The summed E-state index contributed by atoms with van der Waals surface area (Å²) in [5, 5.41) is 11.3. The zero-order valence-corrected chi connectivity index (χ0v) is 8.86. The molecule has 0 unspecified atom stereocenters. The quantitative estimate of drug-likeness (QED) is 0.544. The molecule has 0 bridgehead atoms. The van der Waals surface area contributed by atoms with E-state index in [0.29, 0.717) is 11.6 Å². The van der Waals surface area contributed by atoms with E-state index in [2.05, 4.69) is 0 Å². The molecule has 2 rings (SSSR count). The maximum Gasteiger partial charge on any atom is 0.266 e. The van der Waals surface area contributed by atoms with Crippen molar-refractivity contribution in [1.82, 2.24) is 0 Å². The molecule has 0 spiro atoms. The average molecular weight is 225 g/mol. The third kappa shape index (κ3) is 1.80. The van der Waals surface area contributed by atoms with Crippen LogP contribution in [0.3, 0.4) is 0 Å². The molecule has 1 aliphatic rings. The fraction of sp³-hybridized carbons (Fsp3) is 0.200. The summed E-state index contributed by atoms with van der Waals surface area (Å²) in [4.78, 5) is 12.1. The van der Waals surface area contributed by atoms with Gasteiger partial charge in [0, 0.05) is 29.4 Å². The van der Waals surface area contributed by atoms with Crippen molar-refractivity contribution in [1.29, 1.82) is 0 Å². The maximum absolute atomic E-state index is 10.7. The Kier molecular flexibility index (Phi) is 2.36. The van der Waals surface area contributed by atoms with Gasteiger partial charge in [-0.05, 0) is 18.2 Å². The molecule has 78 valence electrons. The van der Waals surface area contributed by atoms with Gasteiger partial charge in [0.1, 0.15) is 6.54 Å². The Bertz CT molecular complexity index is 457. The summed E-state index contributed by atoms with van der Waals surface area (Å²) in [6.07, 6.45) is 1.57. The molecule has 1 aromatic rings. The van der Waals surface area contributed by atoms with Gasteiger partial charge < -0.3 is 4.90 Å². The van der Waals surface area contributed by atoms with Gasteiger partial charge in [-0.15, -0.1) is 0 Å². The Morgan fingerprint density at radius 1 is 1.53 bits per heavy atom. The van der Waals surface area contributed by atoms with E-state index >= 15 is 0 Å². The summed E-state index contributed by atoms with van der Waals surface area (Å²) in [5.74, 6) is 0. The second kappa shape index (κ2) is 3.55. The van der Waals surface area contributed by atoms with Crippen LogP contribution < -0.4 is 4.90 Å². The summed E-state index contributed by atoms with van der Waals surface area (Å²) < 4.78 is 0. The van der Waals surface area contributed by atoms with E-state index in [1.807, 2.05) is 18.0 Å². The van der Waals surface area contributed by atoms with E-state index < -0.39 is 0 Å². The third-order valence-electron chi connectivity index (χ3n) is 2.36. The Balaban J connectivity index is 2.53. The summed E-state index contributed by atoms with van der Waals surface area (Å²) in [6, 6.07) is 5.38.